The van der Waals surface area contributed by atoms with Gasteiger partial charge in [0.05, 0.1) is 10.6 Å². The molecule has 0 spiro atoms. The van der Waals surface area contributed by atoms with E-state index in [-0.39, 0.29) is 5.91 Å². The van der Waals surface area contributed by atoms with Crippen LogP contribution in [0.25, 0.3) is 0 Å². The number of aliphatic carboxylic acids is 1. The highest BCUT2D eigenvalue weighted by Crippen LogP contribution is 2.27. The van der Waals surface area contributed by atoms with Crippen molar-refractivity contribution in [3.8, 4) is 0 Å². The van der Waals surface area contributed by atoms with E-state index in [2.05, 4.69) is 17.2 Å². The lowest BCUT2D eigenvalue weighted by molar-refractivity contribution is -0.136. The lowest BCUT2D eigenvalue weighted by Crippen LogP contribution is -2.26. The summed E-state index contributed by atoms with van der Waals surface area (Å²) in [7, 11) is 0. The lowest BCUT2D eigenvalue weighted by Gasteiger charge is -2.11. The van der Waals surface area contributed by atoms with Crippen LogP contribution in [0.4, 0.5) is 0 Å². The van der Waals surface area contributed by atoms with Gasteiger partial charge >= 0.3 is 5.97 Å². The van der Waals surface area contributed by atoms with Gasteiger partial charge in [-0.15, -0.1) is 23.1 Å². The zero-order chi connectivity index (χ0) is 17.5. The van der Waals surface area contributed by atoms with Crippen LogP contribution in [0, 0.1) is 0 Å². The molecule has 7 heteroatoms. The first kappa shape index (κ1) is 18.5. The number of hydrogen-bond acceptors (Lipinski definition) is 5. The molecule has 2 N–H and O–H groups in total. The molecule has 0 fully saturated rings. The number of nitrogens with one attached hydrogen (secondary N) is 1. The Balaban J connectivity index is 1.95. The summed E-state index contributed by atoms with van der Waals surface area (Å²) in [4.78, 5) is 29.6. The number of aryl methyl sites for hydroxylation is 1. The van der Waals surface area contributed by atoms with Gasteiger partial charge in [0.2, 0.25) is 0 Å². The van der Waals surface area contributed by atoms with Crippen LogP contribution < -0.4 is 5.32 Å². The van der Waals surface area contributed by atoms with Crippen molar-refractivity contribution in [1.29, 1.82) is 0 Å². The number of amides is 1. The first-order valence-electron chi connectivity index (χ1n) is 7.71. The number of carboxylic acid groups (broad SMARTS) is 1. The van der Waals surface area contributed by atoms with Crippen molar-refractivity contribution in [3.63, 3.8) is 0 Å². The SMILES string of the molecule is CCc1cnc(CCNC(=O)c2ccccc2SC(C)C(=O)O)s1. The molecular formula is C17H20N2O3S2. The molecule has 0 radical (unpaired) electrons. The molecule has 1 atom stereocenters. The first-order valence-corrected chi connectivity index (χ1v) is 9.41. The molecular weight excluding hydrogens is 344 g/mol. The van der Waals surface area contributed by atoms with Gasteiger partial charge in [-0.1, -0.05) is 19.1 Å². The van der Waals surface area contributed by atoms with Crippen LogP contribution in [0.5, 0.6) is 0 Å². The van der Waals surface area contributed by atoms with Gasteiger partial charge in [0.1, 0.15) is 5.25 Å². The normalized spacial score (nSPS) is 11.9. The van der Waals surface area contributed by atoms with Crippen LogP contribution in [0.15, 0.2) is 35.4 Å². The maximum Gasteiger partial charge on any atom is 0.316 e. The average molecular weight is 364 g/mol. The third-order valence-corrected chi connectivity index (χ3v) is 5.72. The van der Waals surface area contributed by atoms with Gasteiger partial charge < -0.3 is 10.4 Å². The molecule has 24 heavy (non-hydrogen) atoms. The molecule has 1 amide bonds. The maximum absolute atomic E-state index is 12.4. The van der Waals surface area contributed by atoms with Gasteiger partial charge in [-0.05, 0) is 25.5 Å². The van der Waals surface area contributed by atoms with E-state index < -0.39 is 11.2 Å². The highest BCUT2D eigenvalue weighted by Gasteiger charge is 2.17. The highest BCUT2D eigenvalue weighted by molar-refractivity contribution is 8.00. The Kier molecular flexibility index (Phi) is 6.81. The molecule has 0 saturated heterocycles. The number of thiazole rings is 1. The van der Waals surface area contributed by atoms with Gasteiger partial charge in [0.15, 0.2) is 0 Å². The van der Waals surface area contributed by atoms with Gasteiger partial charge in [0.25, 0.3) is 5.91 Å². The monoisotopic (exact) mass is 364 g/mol. The summed E-state index contributed by atoms with van der Waals surface area (Å²) in [6.45, 7) is 4.20. The molecule has 0 aliphatic rings. The van der Waals surface area contributed by atoms with Crippen molar-refractivity contribution in [2.24, 2.45) is 0 Å². The molecule has 1 heterocycles. The van der Waals surface area contributed by atoms with Crippen molar-refractivity contribution in [3.05, 3.63) is 45.9 Å². The summed E-state index contributed by atoms with van der Waals surface area (Å²) in [6.07, 6.45) is 3.54. The lowest BCUT2D eigenvalue weighted by atomic mass is 10.2. The predicted octanol–water partition coefficient (Wildman–Crippen LogP) is 3.24. The first-order chi connectivity index (χ1) is 11.5. The quantitative estimate of drug-likeness (QED) is 0.703. The molecule has 2 rings (SSSR count). The van der Waals surface area contributed by atoms with E-state index in [1.807, 2.05) is 6.20 Å². The molecule has 1 unspecified atom stereocenters. The van der Waals surface area contributed by atoms with E-state index in [0.29, 0.717) is 23.4 Å². The van der Waals surface area contributed by atoms with E-state index >= 15 is 0 Å². The van der Waals surface area contributed by atoms with Crippen molar-refractivity contribution >= 4 is 35.0 Å². The molecule has 1 aromatic heterocycles. The van der Waals surface area contributed by atoms with Crippen molar-refractivity contribution < 1.29 is 14.7 Å². The van der Waals surface area contributed by atoms with Crippen LogP contribution in [0.2, 0.25) is 0 Å². The summed E-state index contributed by atoms with van der Waals surface area (Å²) in [5, 5.41) is 12.3. The minimum atomic E-state index is -0.897. The van der Waals surface area contributed by atoms with Crippen molar-refractivity contribution in [1.82, 2.24) is 10.3 Å². The number of thioether (sulfide) groups is 1. The minimum Gasteiger partial charge on any atom is -0.480 e. The molecule has 0 bridgehead atoms. The predicted molar refractivity (Wildman–Crippen MR) is 96.9 cm³/mol. The standard InChI is InChI=1S/C17H20N2O3S2/c1-3-12-10-19-15(24-12)8-9-18-16(20)13-6-4-5-7-14(13)23-11(2)17(21)22/h4-7,10-11H,3,8-9H2,1-2H3,(H,18,20)(H,21,22). The molecule has 128 valence electrons. The topological polar surface area (TPSA) is 79.3 Å². The third kappa shape index (κ3) is 5.07. The van der Waals surface area contributed by atoms with E-state index in [9.17, 15) is 9.59 Å². The number of carbonyl (C=O) groups excluding carboxylic acids is 1. The number of hydrogen-bond donors (Lipinski definition) is 2. The van der Waals surface area contributed by atoms with Crippen LogP contribution in [-0.4, -0.2) is 33.8 Å². The fraction of sp³-hybridized carbons (Fsp3) is 0.353. The van der Waals surface area contributed by atoms with E-state index in [1.165, 1.54) is 16.6 Å². The van der Waals surface area contributed by atoms with Crippen molar-refractivity contribution in [2.75, 3.05) is 6.54 Å². The molecule has 1 aromatic carbocycles. The van der Waals surface area contributed by atoms with Crippen LogP contribution >= 0.6 is 23.1 Å². The minimum absolute atomic E-state index is 0.192. The summed E-state index contributed by atoms with van der Waals surface area (Å²) < 4.78 is 0. The molecule has 0 saturated carbocycles. The summed E-state index contributed by atoms with van der Waals surface area (Å²) >= 11 is 2.84. The van der Waals surface area contributed by atoms with Gasteiger partial charge in [-0.3, -0.25) is 9.59 Å². The Morgan fingerprint density at radius 3 is 2.79 bits per heavy atom. The zero-order valence-electron chi connectivity index (χ0n) is 13.6. The highest BCUT2D eigenvalue weighted by atomic mass is 32.2. The van der Waals surface area contributed by atoms with Crippen LogP contribution in [-0.2, 0) is 17.6 Å². The number of carbonyl (C=O) groups is 2. The largest absolute Gasteiger partial charge is 0.480 e. The van der Waals surface area contributed by atoms with Gasteiger partial charge in [-0.2, -0.15) is 0 Å². The van der Waals surface area contributed by atoms with Crippen LogP contribution in [0.1, 0.15) is 34.1 Å². The number of aromatic nitrogens is 1. The average Bonchev–Trinajstić information content (AvgIpc) is 3.03. The Morgan fingerprint density at radius 1 is 1.38 bits per heavy atom. The Morgan fingerprint density at radius 2 is 2.12 bits per heavy atom. The number of nitrogens with zero attached hydrogens (tertiary/aromatic N) is 1. The Labute approximate surface area is 149 Å². The fourth-order valence-corrected chi connectivity index (χ4v) is 3.79. The summed E-state index contributed by atoms with van der Waals surface area (Å²) in [5.41, 5.74) is 0.504. The Bertz CT molecular complexity index is 715. The van der Waals surface area contributed by atoms with E-state index in [1.54, 1.807) is 42.5 Å². The summed E-state index contributed by atoms with van der Waals surface area (Å²) in [6, 6.07) is 7.06. The maximum atomic E-state index is 12.4. The second-order valence-electron chi connectivity index (χ2n) is 5.17. The van der Waals surface area contributed by atoms with E-state index in [0.717, 1.165) is 11.4 Å². The second kappa shape index (κ2) is 8.84. The van der Waals surface area contributed by atoms with Crippen molar-refractivity contribution in [2.45, 2.75) is 36.8 Å². The summed E-state index contributed by atoms with van der Waals surface area (Å²) in [5.74, 6) is -1.09. The Hall–Kier alpha value is -1.86. The fourth-order valence-electron chi connectivity index (χ4n) is 2.00. The molecule has 5 nitrogen and oxygen atoms in total. The third-order valence-electron chi connectivity index (χ3n) is 3.36. The smallest absolute Gasteiger partial charge is 0.316 e. The van der Waals surface area contributed by atoms with E-state index in [4.69, 9.17) is 5.11 Å². The molecule has 2 aromatic rings. The zero-order valence-corrected chi connectivity index (χ0v) is 15.2. The second-order valence-corrected chi connectivity index (χ2v) is 7.76. The number of carboxylic acids is 1. The van der Waals surface area contributed by atoms with Crippen LogP contribution in [0.3, 0.4) is 0 Å². The van der Waals surface area contributed by atoms with Gasteiger partial charge in [-0.25, -0.2) is 4.98 Å². The van der Waals surface area contributed by atoms with Gasteiger partial charge in [0, 0.05) is 28.9 Å². The number of benzene rings is 1. The molecule has 0 aliphatic carbocycles. The number of rotatable bonds is 8. The molecule has 0 aliphatic heterocycles.